The molecule has 0 atom stereocenters. The SMILES string of the molecule is CC(C)(C)c1cc2c3c(c1)N(c1cccc4c1-c1ccccc1C4(C)C)c1cc4c(cc1B3c1cc(-c3ccccc3)ccc1N2c1ccc(-c2ccccc2)cc1)C(C)(C)CCC4(C)C. The molecule has 0 spiro atoms. The summed E-state index contributed by atoms with van der Waals surface area (Å²) in [7, 11) is 0. The molecule has 0 N–H and O–H groups in total. The summed E-state index contributed by atoms with van der Waals surface area (Å²) >= 11 is 0. The van der Waals surface area contributed by atoms with Crippen LogP contribution in [0.4, 0.5) is 34.1 Å². The third-order valence-electron chi connectivity index (χ3n) is 16.1. The molecule has 8 aromatic rings. The van der Waals surface area contributed by atoms with Gasteiger partial charge in [-0.05, 0) is 144 Å². The Morgan fingerprint density at radius 1 is 0.424 bits per heavy atom. The smallest absolute Gasteiger partial charge is 0.252 e. The van der Waals surface area contributed by atoms with E-state index in [1.165, 1.54) is 106 Å². The predicted octanol–water partition coefficient (Wildman–Crippen LogP) is 15.1. The molecule has 4 aliphatic rings. The topological polar surface area (TPSA) is 6.48 Å². The van der Waals surface area contributed by atoms with Gasteiger partial charge in [0.2, 0.25) is 0 Å². The molecule has 2 heterocycles. The van der Waals surface area contributed by atoms with E-state index in [0.717, 1.165) is 18.5 Å². The number of hydrogen-bond donors (Lipinski definition) is 0. The fourth-order valence-corrected chi connectivity index (χ4v) is 12.2. The van der Waals surface area contributed by atoms with E-state index in [2.05, 4.69) is 242 Å². The summed E-state index contributed by atoms with van der Waals surface area (Å²) < 4.78 is 0. The van der Waals surface area contributed by atoms with Gasteiger partial charge in [0.25, 0.3) is 6.71 Å². The van der Waals surface area contributed by atoms with E-state index >= 15 is 0 Å². The molecule has 3 heteroatoms. The van der Waals surface area contributed by atoms with Crippen molar-refractivity contribution in [2.75, 3.05) is 9.80 Å². The highest BCUT2D eigenvalue weighted by Gasteiger charge is 2.48. The molecule has 2 aliphatic heterocycles. The van der Waals surface area contributed by atoms with Crippen LogP contribution in [-0.2, 0) is 21.7 Å². The van der Waals surface area contributed by atoms with Gasteiger partial charge in [-0.15, -0.1) is 0 Å². The maximum atomic E-state index is 2.72. The van der Waals surface area contributed by atoms with Crippen LogP contribution in [0.1, 0.15) is 103 Å². The molecule has 0 amide bonds. The lowest BCUT2D eigenvalue weighted by molar-refractivity contribution is 0.332. The zero-order valence-electron chi connectivity index (χ0n) is 40.1. The Bertz CT molecular complexity index is 3260. The maximum Gasteiger partial charge on any atom is 0.252 e. The molecule has 0 radical (unpaired) electrons. The Morgan fingerprint density at radius 3 is 1.64 bits per heavy atom. The van der Waals surface area contributed by atoms with Crippen molar-refractivity contribution in [3.05, 3.63) is 198 Å². The summed E-state index contributed by atoms with van der Waals surface area (Å²) in [6, 6.07) is 65.0. The Labute approximate surface area is 393 Å². The van der Waals surface area contributed by atoms with Crippen molar-refractivity contribution in [2.45, 2.75) is 96.8 Å². The van der Waals surface area contributed by atoms with Crippen molar-refractivity contribution in [2.24, 2.45) is 0 Å². The summed E-state index contributed by atoms with van der Waals surface area (Å²) in [4.78, 5) is 5.31. The van der Waals surface area contributed by atoms with Crippen molar-refractivity contribution >= 4 is 57.2 Å². The molecule has 0 saturated carbocycles. The Balaban J connectivity index is 1.22. The Kier molecular flexibility index (Phi) is 8.81. The Morgan fingerprint density at radius 2 is 0.970 bits per heavy atom. The lowest BCUT2D eigenvalue weighted by Crippen LogP contribution is -2.62. The monoisotopic (exact) mass is 854 g/mol. The van der Waals surface area contributed by atoms with Crippen molar-refractivity contribution in [3.8, 4) is 33.4 Å². The first-order chi connectivity index (χ1) is 31.6. The molecule has 2 aliphatic carbocycles. The van der Waals surface area contributed by atoms with E-state index < -0.39 is 0 Å². The van der Waals surface area contributed by atoms with Gasteiger partial charge < -0.3 is 9.80 Å². The Hall–Kier alpha value is -6.58. The largest absolute Gasteiger partial charge is 0.311 e. The van der Waals surface area contributed by atoms with Crippen LogP contribution < -0.4 is 26.2 Å². The minimum atomic E-state index is -0.132. The molecule has 12 rings (SSSR count). The molecule has 0 unspecified atom stereocenters. The van der Waals surface area contributed by atoms with E-state index in [1.54, 1.807) is 0 Å². The highest BCUT2D eigenvalue weighted by molar-refractivity contribution is 7.00. The summed E-state index contributed by atoms with van der Waals surface area (Å²) in [5.41, 5.74) is 26.2. The van der Waals surface area contributed by atoms with Gasteiger partial charge in [-0.2, -0.15) is 0 Å². The van der Waals surface area contributed by atoms with Crippen LogP contribution in [0.2, 0.25) is 0 Å². The fourth-order valence-electron chi connectivity index (χ4n) is 12.2. The minimum Gasteiger partial charge on any atom is -0.311 e. The minimum absolute atomic E-state index is 0.000370. The quantitative estimate of drug-likeness (QED) is 0.163. The first kappa shape index (κ1) is 40.9. The second kappa shape index (κ2) is 14.2. The highest BCUT2D eigenvalue weighted by atomic mass is 15.2. The molecule has 324 valence electrons. The summed E-state index contributed by atoms with van der Waals surface area (Å²) in [5.74, 6) is 0. The third-order valence-corrected chi connectivity index (χ3v) is 16.1. The van der Waals surface area contributed by atoms with Gasteiger partial charge in [-0.1, -0.05) is 190 Å². The van der Waals surface area contributed by atoms with Gasteiger partial charge in [0.15, 0.2) is 0 Å². The van der Waals surface area contributed by atoms with E-state index in [1.807, 2.05) is 0 Å². The number of benzene rings is 8. The third kappa shape index (κ3) is 6.01. The van der Waals surface area contributed by atoms with Gasteiger partial charge in [0, 0.05) is 39.4 Å². The summed E-state index contributed by atoms with van der Waals surface area (Å²) in [6.07, 6.45) is 2.32. The van der Waals surface area contributed by atoms with Gasteiger partial charge in [-0.3, -0.25) is 0 Å². The van der Waals surface area contributed by atoms with Crippen molar-refractivity contribution in [3.63, 3.8) is 0 Å². The molecule has 8 aromatic carbocycles. The number of anilines is 6. The van der Waals surface area contributed by atoms with E-state index in [9.17, 15) is 0 Å². The highest BCUT2D eigenvalue weighted by Crippen LogP contribution is 2.57. The van der Waals surface area contributed by atoms with Gasteiger partial charge in [-0.25, -0.2) is 0 Å². The zero-order chi connectivity index (χ0) is 45.5. The first-order valence-electron chi connectivity index (χ1n) is 24.2. The van der Waals surface area contributed by atoms with E-state index in [-0.39, 0.29) is 28.4 Å². The van der Waals surface area contributed by atoms with Crippen LogP contribution in [0.5, 0.6) is 0 Å². The predicted molar refractivity (Wildman–Crippen MR) is 283 cm³/mol. The fraction of sp³-hybridized carbons (Fsp3) is 0.238. The normalized spacial score (nSPS) is 16.7. The van der Waals surface area contributed by atoms with Crippen LogP contribution in [0, 0.1) is 0 Å². The average Bonchev–Trinajstić information content (AvgIpc) is 3.56. The molecule has 0 bridgehead atoms. The molecule has 0 saturated heterocycles. The van der Waals surface area contributed by atoms with Crippen LogP contribution in [0.3, 0.4) is 0 Å². The standard InChI is InChI=1S/C63H59BN2/c1-60(2,3)44-36-56-59-57(37-44)66(54-26-18-25-48-58(54)46-23-16-17-24-47(46)63(48,8)9)55-39-50-49(61(4,5)33-34-62(50,6)7)38-52(55)64(59)51-35-43(41-21-14-11-15-22-41)29-32-53(51)65(56)45-30-27-42(28-31-45)40-19-12-10-13-20-40/h10-32,35-39H,33-34H2,1-9H3. The van der Waals surface area contributed by atoms with Crippen molar-refractivity contribution < 1.29 is 0 Å². The number of fused-ring (bicyclic) bond motifs is 8. The van der Waals surface area contributed by atoms with Crippen LogP contribution in [-0.4, -0.2) is 6.71 Å². The number of hydrogen-bond acceptors (Lipinski definition) is 2. The second-order valence-electron chi connectivity index (χ2n) is 22.4. The van der Waals surface area contributed by atoms with Crippen LogP contribution >= 0.6 is 0 Å². The first-order valence-corrected chi connectivity index (χ1v) is 24.2. The average molecular weight is 855 g/mol. The molecule has 0 aromatic heterocycles. The van der Waals surface area contributed by atoms with Crippen LogP contribution in [0.25, 0.3) is 33.4 Å². The van der Waals surface area contributed by atoms with E-state index in [4.69, 9.17) is 0 Å². The van der Waals surface area contributed by atoms with Crippen molar-refractivity contribution in [1.29, 1.82) is 0 Å². The number of rotatable bonds is 4. The second-order valence-corrected chi connectivity index (χ2v) is 22.4. The maximum absolute atomic E-state index is 2.72. The molecular formula is C63H59BN2. The van der Waals surface area contributed by atoms with Gasteiger partial charge in [0.1, 0.15) is 0 Å². The molecule has 0 fully saturated rings. The van der Waals surface area contributed by atoms with Crippen LogP contribution in [0.15, 0.2) is 170 Å². The lowest BCUT2D eigenvalue weighted by Gasteiger charge is -2.48. The summed E-state index contributed by atoms with van der Waals surface area (Å²) in [6.45, 7) is 21.9. The lowest BCUT2D eigenvalue weighted by atomic mass is 9.33. The van der Waals surface area contributed by atoms with Gasteiger partial charge in [0.05, 0.1) is 5.69 Å². The summed E-state index contributed by atoms with van der Waals surface area (Å²) in [5, 5.41) is 0. The van der Waals surface area contributed by atoms with E-state index in [0.29, 0.717) is 0 Å². The molecular weight excluding hydrogens is 796 g/mol. The number of nitrogens with zero attached hydrogens (tertiary/aromatic N) is 2. The zero-order valence-corrected chi connectivity index (χ0v) is 40.1. The molecule has 2 nitrogen and oxygen atoms in total. The van der Waals surface area contributed by atoms with Crippen molar-refractivity contribution in [1.82, 2.24) is 0 Å². The molecule has 66 heavy (non-hydrogen) atoms. The van der Waals surface area contributed by atoms with Gasteiger partial charge >= 0.3 is 0 Å².